The highest BCUT2D eigenvalue weighted by molar-refractivity contribution is 5.76. The van der Waals surface area contributed by atoms with Crippen LogP contribution in [0, 0.1) is 0 Å². The lowest BCUT2D eigenvalue weighted by molar-refractivity contribution is -0.207. The van der Waals surface area contributed by atoms with E-state index in [0.29, 0.717) is 13.2 Å². The summed E-state index contributed by atoms with van der Waals surface area (Å²) in [5, 5.41) is 2.84. The molecule has 0 spiro atoms. The number of allylic oxidation sites excluding steroid dienone is 1. The first kappa shape index (κ1) is 17.0. The van der Waals surface area contributed by atoms with Crippen LogP contribution in [0.2, 0.25) is 0 Å². The standard InChI is InChI=1S/C17H18F3NO3/c1-9(2)10-5-4-6-11-12(10)7-23-16(3)8-21-14(13(11)16)24-15(22)17(18,19)20/h4-6,13-14,21H,1,7-8H2,2-3H3. The summed E-state index contributed by atoms with van der Waals surface area (Å²) in [5.41, 5.74) is 2.71. The Hall–Kier alpha value is -1.86. The number of rotatable bonds is 2. The molecule has 1 fully saturated rings. The van der Waals surface area contributed by atoms with Crippen LogP contribution in [-0.4, -0.2) is 30.5 Å². The Kier molecular flexibility index (Phi) is 3.96. The third-order valence-corrected chi connectivity index (χ3v) is 4.63. The van der Waals surface area contributed by atoms with Gasteiger partial charge >= 0.3 is 12.1 Å². The second-order valence-electron chi connectivity index (χ2n) is 6.44. The molecule has 0 saturated carbocycles. The molecule has 130 valence electrons. The fourth-order valence-corrected chi connectivity index (χ4v) is 3.47. The zero-order chi connectivity index (χ0) is 17.7. The van der Waals surface area contributed by atoms with Crippen LogP contribution in [0.25, 0.3) is 5.57 Å². The van der Waals surface area contributed by atoms with Crippen molar-refractivity contribution >= 4 is 11.5 Å². The molecule has 4 nitrogen and oxygen atoms in total. The Labute approximate surface area is 137 Å². The van der Waals surface area contributed by atoms with Crippen molar-refractivity contribution in [2.75, 3.05) is 6.54 Å². The predicted molar refractivity (Wildman–Crippen MR) is 81.0 cm³/mol. The van der Waals surface area contributed by atoms with Gasteiger partial charge in [-0.15, -0.1) is 0 Å². The summed E-state index contributed by atoms with van der Waals surface area (Å²) in [5.74, 6) is -2.72. The zero-order valence-electron chi connectivity index (χ0n) is 13.4. The third kappa shape index (κ3) is 2.71. The number of esters is 1. The number of ether oxygens (including phenoxy) is 2. The lowest BCUT2D eigenvalue weighted by Crippen LogP contribution is -2.43. The van der Waals surface area contributed by atoms with Gasteiger partial charge in [0.15, 0.2) is 6.23 Å². The quantitative estimate of drug-likeness (QED) is 0.840. The van der Waals surface area contributed by atoms with Gasteiger partial charge in [0.2, 0.25) is 0 Å². The minimum atomic E-state index is -5.03. The molecule has 2 aliphatic heterocycles. The number of hydrogen-bond donors (Lipinski definition) is 1. The SMILES string of the molecule is C=C(C)c1cccc2c1COC1(C)CNC(OC(=O)C(F)(F)F)C21. The molecule has 3 rings (SSSR count). The number of nitrogens with one attached hydrogen (secondary N) is 1. The molecule has 2 heterocycles. The van der Waals surface area contributed by atoms with Gasteiger partial charge in [0.25, 0.3) is 0 Å². The van der Waals surface area contributed by atoms with E-state index in [9.17, 15) is 18.0 Å². The van der Waals surface area contributed by atoms with Gasteiger partial charge in [0, 0.05) is 6.54 Å². The van der Waals surface area contributed by atoms with Crippen LogP contribution in [-0.2, 0) is 20.9 Å². The van der Waals surface area contributed by atoms with Gasteiger partial charge < -0.3 is 9.47 Å². The minimum Gasteiger partial charge on any atom is -0.439 e. The van der Waals surface area contributed by atoms with Crippen molar-refractivity contribution in [2.24, 2.45) is 0 Å². The molecule has 0 aromatic heterocycles. The molecule has 1 aromatic carbocycles. The van der Waals surface area contributed by atoms with E-state index >= 15 is 0 Å². The first-order valence-electron chi connectivity index (χ1n) is 7.56. The Bertz CT molecular complexity index is 701. The van der Waals surface area contributed by atoms with Crippen molar-refractivity contribution in [2.45, 2.75) is 44.4 Å². The normalized spacial score (nSPS) is 28.9. The molecule has 3 atom stereocenters. The fourth-order valence-electron chi connectivity index (χ4n) is 3.47. The Morgan fingerprint density at radius 1 is 1.46 bits per heavy atom. The van der Waals surface area contributed by atoms with Crippen LogP contribution in [0.5, 0.6) is 0 Å². The number of hydrogen-bond acceptors (Lipinski definition) is 4. The maximum Gasteiger partial charge on any atom is 0.490 e. The van der Waals surface area contributed by atoms with Gasteiger partial charge in [-0.05, 0) is 30.5 Å². The van der Waals surface area contributed by atoms with Crippen LogP contribution in [0.15, 0.2) is 24.8 Å². The van der Waals surface area contributed by atoms with Crippen molar-refractivity contribution in [3.8, 4) is 0 Å². The van der Waals surface area contributed by atoms with Crippen LogP contribution in [0.3, 0.4) is 0 Å². The number of benzene rings is 1. The van der Waals surface area contributed by atoms with E-state index < -0.39 is 29.9 Å². The van der Waals surface area contributed by atoms with Gasteiger partial charge in [-0.2, -0.15) is 13.2 Å². The van der Waals surface area contributed by atoms with Crippen molar-refractivity contribution in [3.05, 3.63) is 41.5 Å². The molecule has 3 unspecified atom stereocenters. The Balaban J connectivity index is 1.99. The van der Waals surface area contributed by atoms with Crippen molar-refractivity contribution < 1.29 is 27.4 Å². The molecular formula is C17H18F3NO3. The van der Waals surface area contributed by atoms with E-state index in [1.54, 1.807) is 0 Å². The molecule has 7 heteroatoms. The molecule has 1 aromatic rings. The molecule has 1 saturated heterocycles. The maximum atomic E-state index is 12.5. The minimum absolute atomic E-state index is 0.296. The van der Waals surface area contributed by atoms with Crippen molar-refractivity contribution in [1.29, 1.82) is 0 Å². The van der Waals surface area contributed by atoms with Crippen LogP contribution < -0.4 is 5.32 Å². The second kappa shape index (κ2) is 5.60. The highest BCUT2D eigenvalue weighted by Crippen LogP contribution is 2.46. The van der Waals surface area contributed by atoms with Crippen LogP contribution in [0.4, 0.5) is 13.2 Å². The average molecular weight is 341 g/mol. The number of carbonyl (C=O) groups is 1. The molecular weight excluding hydrogens is 323 g/mol. The second-order valence-corrected chi connectivity index (χ2v) is 6.44. The van der Waals surface area contributed by atoms with E-state index in [0.717, 1.165) is 22.3 Å². The fraction of sp³-hybridized carbons (Fsp3) is 0.471. The molecule has 0 radical (unpaired) electrons. The topological polar surface area (TPSA) is 47.6 Å². The lowest BCUT2D eigenvalue weighted by Gasteiger charge is -2.39. The Morgan fingerprint density at radius 2 is 2.17 bits per heavy atom. The van der Waals surface area contributed by atoms with Crippen molar-refractivity contribution in [3.63, 3.8) is 0 Å². The summed E-state index contributed by atoms with van der Waals surface area (Å²) < 4.78 is 48.2. The largest absolute Gasteiger partial charge is 0.490 e. The van der Waals surface area contributed by atoms with E-state index in [1.807, 2.05) is 32.0 Å². The van der Waals surface area contributed by atoms with Crippen LogP contribution >= 0.6 is 0 Å². The summed E-state index contributed by atoms with van der Waals surface area (Å²) in [6.07, 6.45) is -6.12. The van der Waals surface area contributed by atoms with E-state index in [1.165, 1.54) is 0 Å². The summed E-state index contributed by atoms with van der Waals surface area (Å²) >= 11 is 0. The summed E-state index contributed by atoms with van der Waals surface area (Å²) in [6, 6.07) is 5.57. The number of fused-ring (bicyclic) bond motifs is 3. The summed E-state index contributed by atoms with van der Waals surface area (Å²) in [7, 11) is 0. The Morgan fingerprint density at radius 3 is 2.79 bits per heavy atom. The molecule has 2 aliphatic rings. The van der Waals surface area contributed by atoms with Gasteiger partial charge in [-0.3, -0.25) is 5.32 Å². The van der Waals surface area contributed by atoms with Gasteiger partial charge in [0.1, 0.15) is 0 Å². The zero-order valence-corrected chi connectivity index (χ0v) is 13.4. The summed E-state index contributed by atoms with van der Waals surface area (Å²) in [6.45, 7) is 8.23. The van der Waals surface area contributed by atoms with Gasteiger partial charge in [0.05, 0.1) is 18.1 Å². The first-order chi connectivity index (χ1) is 11.1. The third-order valence-electron chi connectivity index (χ3n) is 4.63. The highest BCUT2D eigenvalue weighted by Gasteiger charge is 2.54. The number of halogens is 3. The molecule has 0 bridgehead atoms. The monoisotopic (exact) mass is 341 g/mol. The molecule has 0 aliphatic carbocycles. The molecule has 24 heavy (non-hydrogen) atoms. The predicted octanol–water partition coefficient (Wildman–Crippen LogP) is 3.13. The van der Waals surface area contributed by atoms with Crippen molar-refractivity contribution in [1.82, 2.24) is 5.32 Å². The number of carbonyl (C=O) groups excluding carboxylic acids is 1. The lowest BCUT2D eigenvalue weighted by atomic mass is 9.78. The van der Waals surface area contributed by atoms with Gasteiger partial charge in [-0.1, -0.05) is 30.4 Å². The first-order valence-corrected chi connectivity index (χ1v) is 7.56. The number of alkyl halides is 3. The van der Waals surface area contributed by atoms with E-state index in [2.05, 4.69) is 11.9 Å². The van der Waals surface area contributed by atoms with Gasteiger partial charge in [-0.25, -0.2) is 4.79 Å². The van der Waals surface area contributed by atoms with E-state index in [4.69, 9.17) is 9.47 Å². The average Bonchev–Trinajstić information content (AvgIpc) is 2.82. The smallest absolute Gasteiger partial charge is 0.439 e. The molecule has 1 N–H and O–H groups in total. The highest BCUT2D eigenvalue weighted by atomic mass is 19.4. The van der Waals surface area contributed by atoms with Crippen LogP contribution in [0.1, 0.15) is 36.5 Å². The van der Waals surface area contributed by atoms with E-state index in [-0.39, 0.29) is 0 Å². The molecule has 0 amide bonds. The summed E-state index contributed by atoms with van der Waals surface area (Å²) in [4.78, 5) is 11.2. The maximum absolute atomic E-state index is 12.5.